The molecule has 3 aromatic rings. The zero-order valence-electron chi connectivity index (χ0n) is 19.6. The van der Waals surface area contributed by atoms with E-state index in [1.54, 1.807) is 61.5 Å². The normalized spacial score (nSPS) is 13.3. The lowest BCUT2D eigenvalue weighted by molar-refractivity contribution is -0.115. The van der Waals surface area contributed by atoms with Gasteiger partial charge in [0, 0.05) is 18.3 Å². The molecule has 182 valence electrons. The van der Waals surface area contributed by atoms with Gasteiger partial charge in [-0.2, -0.15) is 0 Å². The number of para-hydroxylation sites is 1. The monoisotopic (exact) mass is 494 g/mol. The molecule has 1 N–H and O–H groups in total. The summed E-state index contributed by atoms with van der Waals surface area (Å²) in [6, 6.07) is 17.4. The van der Waals surface area contributed by atoms with Crippen molar-refractivity contribution < 1.29 is 22.4 Å². The third-order valence-corrected chi connectivity index (χ3v) is 7.96. The summed E-state index contributed by atoms with van der Waals surface area (Å²) in [7, 11) is -1.77. The molecule has 1 aliphatic rings. The molecule has 2 amide bonds. The molecule has 0 saturated heterocycles. The second-order valence-electron chi connectivity index (χ2n) is 8.94. The number of carbonyl (C=O) groups is 2. The number of benzene rings is 3. The number of halogens is 1. The Morgan fingerprint density at radius 1 is 1.03 bits per heavy atom. The minimum absolute atomic E-state index is 0.0820. The lowest BCUT2D eigenvalue weighted by Crippen LogP contribution is -2.27. The summed E-state index contributed by atoms with van der Waals surface area (Å²) in [6.07, 6.45) is 2.02. The Kier molecular flexibility index (Phi) is 7.03. The molecule has 0 unspecified atom stereocenters. The Morgan fingerprint density at radius 3 is 2.34 bits per heavy atom. The van der Waals surface area contributed by atoms with E-state index in [2.05, 4.69) is 5.32 Å². The van der Waals surface area contributed by atoms with Crippen LogP contribution in [-0.2, 0) is 21.1 Å². The number of anilines is 2. The van der Waals surface area contributed by atoms with Gasteiger partial charge in [0.15, 0.2) is 9.84 Å². The van der Waals surface area contributed by atoms with Crippen molar-refractivity contribution in [3.05, 3.63) is 89.2 Å². The zero-order valence-corrected chi connectivity index (χ0v) is 20.4. The highest BCUT2D eigenvalue weighted by molar-refractivity contribution is 7.91. The molecule has 0 bridgehead atoms. The van der Waals surface area contributed by atoms with E-state index in [1.807, 2.05) is 0 Å². The van der Waals surface area contributed by atoms with E-state index in [1.165, 1.54) is 24.1 Å². The van der Waals surface area contributed by atoms with Crippen molar-refractivity contribution in [2.24, 2.45) is 5.92 Å². The molecule has 1 saturated carbocycles. The van der Waals surface area contributed by atoms with Crippen molar-refractivity contribution in [1.82, 2.24) is 0 Å². The Labute approximate surface area is 204 Å². The van der Waals surface area contributed by atoms with E-state index < -0.39 is 15.7 Å². The molecule has 6 nitrogen and oxygen atoms in total. The van der Waals surface area contributed by atoms with Crippen LogP contribution in [0.1, 0.15) is 34.3 Å². The van der Waals surface area contributed by atoms with Gasteiger partial charge in [-0.05, 0) is 79.3 Å². The van der Waals surface area contributed by atoms with Gasteiger partial charge in [-0.3, -0.25) is 9.59 Å². The second kappa shape index (κ2) is 10.00. The van der Waals surface area contributed by atoms with Gasteiger partial charge in [-0.1, -0.05) is 24.3 Å². The molecule has 0 heterocycles. The molecule has 0 aliphatic heterocycles. The molecule has 0 atom stereocenters. The van der Waals surface area contributed by atoms with E-state index in [0.29, 0.717) is 22.4 Å². The molecule has 3 aromatic carbocycles. The van der Waals surface area contributed by atoms with Crippen LogP contribution >= 0.6 is 0 Å². The molecule has 8 heteroatoms. The number of rotatable bonds is 8. The number of aryl methyl sites for hydroxylation is 1. The maximum atomic E-state index is 14.1. The summed E-state index contributed by atoms with van der Waals surface area (Å²) < 4.78 is 38.8. The first-order valence-corrected chi connectivity index (χ1v) is 13.0. The maximum absolute atomic E-state index is 14.1. The standard InChI is InChI=1S/C27H27FN2O4S/c1-18-15-21(11-14-23(18)27(32)30(2)25-6-4-3-5-24(25)28)29-26(31)16-19-9-12-22(13-10-19)35(33,34)17-20-7-8-20/h3-6,9-15,20H,7-8,16-17H2,1-2H3,(H,29,31). The van der Waals surface area contributed by atoms with Crippen molar-refractivity contribution in [2.45, 2.75) is 31.1 Å². The number of nitrogens with one attached hydrogen (secondary N) is 1. The van der Waals surface area contributed by atoms with E-state index >= 15 is 0 Å². The SMILES string of the molecule is Cc1cc(NC(=O)Cc2ccc(S(=O)(=O)CC3CC3)cc2)ccc1C(=O)N(C)c1ccccc1F. The highest BCUT2D eigenvalue weighted by Crippen LogP contribution is 2.32. The van der Waals surface area contributed by atoms with Crippen molar-refractivity contribution in [3.8, 4) is 0 Å². The van der Waals surface area contributed by atoms with Gasteiger partial charge >= 0.3 is 0 Å². The lowest BCUT2D eigenvalue weighted by atomic mass is 10.1. The number of carbonyl (C=O) groups excluding carboxylic acids is 2. The predicted molar refractivity (Wildman–Crippen MR) is 134 cm³/mol. The van der Waals surface area contributed by atoms with Crippen LogP contribution in [0.25, 0.3) is 0 Å². The van der Waals surface area contributed by atoms with Crippen molar-refractivity contribution >= 4 is 33.0 Å². The van der Waals surface area contributed by atoms with Gasteiger partial charge in [0.1, 0.15) is 5.82 Å². The van der Waals surface area contributed by atoms with Crippen LogP contribution in [0.5, 0.6) is 0 Å². The van der Waals surface area contributed by atoms with E-state index in [4.69, 9.17) is 0 Å². The smallest absolute Gasteiger partial charge is 0.258 e. The fraction of sp³-hybridized carbons (Fsp3) is 0.259. The molecule has 0 spiro atoms. The average Bonchev–Trinajstić information content (AvgIpc) is 3.62. The Balaban J connectivity index is 1.39. The van der Waals surface area contributed by atoms with Gasteiger partial charge in [0.2, 0.25) is 5.91 Å². The molecule has 1 fully saturated rings. The molecule has 1 aliphatic carbocycles. The van der Waals surface area contributed by atoms with Crippen LogP contribution in [0.4, 0.5) is 15.8 Å². The predicted octanol–water partition coefficient (Wildman–Crippen LogP) is 4.78. The minimum atomic E-state index is -3.29. The largest absolute Gasteiger partial charge is 0.326 e. The minimum Gasteiger partial charge on any atom is -0.326 e. The molecular formula is C27H27FN2O4S. The third-order valence-electron chi connectivity index (χ3n) is 6.06. The Morgan fingerprint density at radius 2 is 1.71 bits per heavy atom. The molecular weight excluding hydrogens is 467 g/mol. The molecule has 0 aromatic heterocycles. The van der Waals surface area contributed by atoms with Crippen LogP contribution in [0.15, 0.2) is 71.6 Å². The van der Waals surface area contributed by atoms with Crippen LogP contribution in [0, 0.1) is 18.7 Å². The van der Waals surface area contributed by atoms with Crippen LogP contribution in [0.2, 0.25) is 0 Å². The number of hydrogen-bond donors (Lipinski definition) is 1. The summed E-state index contributed by atoms with van der Waals surface area (Å²) in [4.78, 5) is 27.0. The summed E-state index contributed by atoms with van der Waals surface area (Å²) in [5.74, 6) is -0.655. The molecule has 4 rings (SSSR count). The van der Waals surface area contributed by atoms with Gasteiger partial charge in [0.25, 0.3) is 5.91 Å². The van der Waals surface area contributed by atoms with Crippen molar-refractivity contribution in [2.75, 3.05) is 23.0 Å². The van der Waals surface area contributed by atoms with Gasteiger partial charge in [-0.15, -0.1) is 0 Å². The first kappa shape index (κ1) is 24.6. The lowest BCUT2D eigenvalue weighted by Gasteiger charge is -2.19. The van der Waals surface area contributed by atoms with E-state index in [9.17, 15) is 22.4 Å². The number of sulfone groups is 1. The average molecular weight is 495 g/mol. The van der Waals surface area contributed by atoms with E-state index in [0.717, 1.165) is 12.8 Å². The van der Waals surface area contributed by atoms with Crippen LogP contribution < -0.4 is 10.2 Å². The second-order valence-corrected chi connectivity index (χ2v) is 11.0. The maximum Gasteiger partial charge on any atom is 0.258 e. The zero-order chi connectivity index (χ0) is 25.2. The van der Waals surface area contributed by atoms with Crippen LogP contribution in [-0.4, -0.2) is 33.0 Å². The van der Waals surface area contributed by atoms with E-state index in [-0.39, 0.29) is 40.5 Å². The third kappa shape index (κ3) is 5.95. The van der Waals surface area contributed by atoms with Crippen molar-refractivity contribution in [1.29, 1.82) is 0 Å². The highest BCUT2D eigenvalue weighted by atomic mass is 32.2. The Bertz CT molecular complexity index is 1370. The quantitative estimate of drug-likeness (QED) is 0.489. The molecule has 35 heavy (non-hydrogen) atoms. The number of amides is 2. The summed E-state index contributed by atoms with van der Waals surface area (Å²) in [6.45, 7) is 1.75. The van der Waals surface area contributed by atoms with Gasteiger partial charge < -0.3 is 10.2 Å². The molecule has 0 radical (unpaired) electrons. The fourth-order valence-corrected chi connectivity index (χ4v) is 5.59. The number of hydrogen-bond acceptors (Lipinski definition) is 4. The summed E-state index contributed by atoms with van der Waals surface area (Å²) >= 11 is 0. The fourth-order valence-electron chi connectivity index (χ4n) is 3.89. The summed E-state index contributed by atoms with van der Waals surface area (Å²) in [5, 5.41) is 2.80. The summed E-state index contributed by atoms with van der Waals surface area (Å²) in [5.41, 5.74) is 2.45. The van der Waals surface area contributed by atoms with Crippen molar-refractivity contribution in [3.63, 3.8) is 0 Å². The van der Waals surface area contributed by atoms with Gasteiger partial charge in [-0.25, -0.2) is 12.8 Å². The van der Waals surface area contributed by atoms with Crippen LogP contribution in [0.3, 0.4) is 0 Å². The highest BCUT2D eigenvalue weighted by Gasteiger charge is 2.29. The number of nitrogens with zero attached hydrogens (tertiary/aromatic N) is 1. The first-order chi connectivity index (χ1) is 16.6. The first-order valence-electron chi connectivity index (χ1n) is 11.4. The topological polar surface area (TPSA) is 83.5 Å². The van der Waals surface area contributed by atoms with Gasteiger partial charge in [0.05, 0.1) is 22.8 Å². The Hall–Kier alpha value is -3.52.